The standard InChI is InChI=1S/C25H19ClO/c1-17-24(26)22(19-13-7-3-8-14-19)21(18-11-5-2-6-12-18)23(25(17)27)20-15-9-4-10-16-20/h2-16,27H,1H3. The van der Waals surface area contributed by atoms with E-state index in [9.17, 15) is 5.11 Å². The van der Waals surface area contributed by atoms with E-state index in [-0.39, 0.29) is 5.75 Å². The fourth-order valence-corrected chi connectivity index (χ4v) is 3.78. The second-order valence-electron chi connectivity index (χ2n) is 6.51. The fraction of sp³-hybridized carbons (Fsp3) is 0.0400. The Hall–Kier alpha value is -3.03. The molecule has 132 valence electrons. The minimum absolute atomic E-state index is 0.227. The lowest BCUT2D eigenvalue weighted by atomic mass is 9.85. The predicted molar refractivity (Wildman–Crippen MR) is 114 cm³/mol. The molecular weight excluding hydrogens is 352 g/mol. The van der Waals surface area contributed by atoms with Crippen molar-refractivity contribution in [2.24, 2.45) is 0 Å². The van der Waals surface area contributed by atoms with Crippen molar-refractivity contribution in [1.29, 1.82) is 0 Å². The second kappa shape index (κ2) is 7.30. The molecule has 1 nitrogen and oxygen atoms in total. The van der Waals surface area contributed by atoms with Gasteiger partial charge in [-0.3, -0.25) is 0 Å². The zero-order valence-corrected chi connectivity index (χ0v) is 15.7. The summed E-state index contributed by atoms with van der Waals surface area (Å²) in [7, 11) is 0. The van der Waals surface area contributed by atoms with Gasteiger partial charge in [-0.2, -0.15) is 0 Å². The third-order valence-electron chi connectivity index (χ3n) is 4.83. The van der Waals surface area contributed by atoms with Crippen molar-refractivity contribution in [3.63, 3.8) is 0 Å². The largest absolute Gasteiger partial charge is 0.507 e. The van der Waals surface area contributed by atoms with E-state index in [2.05, 4.69) is 24.3 Å². The Bertz CT molecular complexity index is 1010. The summed E-state index contributed by atoms with van der Waals surface area (Å²) >= 11 is 6.79. The SMILES string of the molecule is Cc1c(O)c(-c2ccccc2)c(-c2ccccc2)c(-c2ccccc2)c1Cl. The average molecular weight is 371 g/mol. The van der Waals surface area contributed by atoms with Gasteiger partial charge in [0.25, 0.3) is 0 Å². The number of rotatable bonds is 3. The van der Waals surface area contributed by atoms with Gasteiger partial charge in [0.2, 0.25) is 0 Å². The minimum atomic E-state index is 0.227. The van der Waals surface area contributed by atoms with Crippen LogP contribution >= 0.6 is 11.6 Å². The average Bonchev–Trinajstić information content (AvgIpc) is 2.73. The van der Waals surface area contributed by atoms with Gasteiger partial charge in [-0.15, -0.1) is 0 Å². The van der Waals surface area contributed by atoms with Crippen molar-refractivity contribution in [2.75, 3.05) is 0 Å². The minimum Gasteiger partial charge on any atom is -0.507 e. The molecule has 0 radical (unpaired) electrons. The maximum Gasteiger partial charge on any atom is 0.128 e. The van der Waals surface area contributed by atoms with Crippen LogP contribution in [0.4, 0.5) is 0 Å². The van der Waals surface area contributed by atoms with Crippen LogP contribution in [-0.2, 0) is 0 Å². The van der Waals surface area contributed by atoms with Crippen molar-refractivity contribution in [2.45, 2.75) is 6.92 Å². The second-order valence-corrected chi connectivity index (χ2v) is 6.89. The first kappa shape index (κ1) is 17.4. The van der Waals surface area contributed by atoms with Crippen LogP contribution in [0.3, 0.4) is 0 Å². The molecule has 0 fully saturated rings. The highest BCUT2D eigenvalue weighted by Crippen LogP contribution is 2.50. The van der Waals surface area contributed by atoms with Crippen molar-refractivity contribution in [3.05, 3.63) is 102 Å². The zero-order chi connectivity index (χ0) is 18.8. The van der Waals surface area contributed by atoms with Crippen LogP contribution in [0, 0.1) is 6.92 Å². The molecule has 1 N–H and O–H groups in total. The van der Waals surface area contributed by atoms with Crippen LogP contribution < -0.4 is 0 Å². The summed E-state index contributed by atoms with van der Waals surface area (Å²) in [5, 5.41) is 11.6. The van der Waals surface area contributed by atoms with Crippen molar-refractivity contribution < 1.29 is 5.11 Å². The molecule has 4 aromatic rings. The van der Waals surface area contributed by atoms with Crippen LogP contribution in [0.25, 0.3) is 33.4 Å². The topological polar surface area (TPSA) is 20.2 Å². The predicted octanol–water partition coefficient (Wildman–Crippen LogP) is 7.36. The first-order valence-electron chi connectivity index (χ1n) is 8.89. The summed E-state index contributed by atoms with van der Waals surface area (Å²) in [6, 6.07) is 30.2. The van der Waals surface area contributed by atoms with Gasteiger partial charge in [-0.25, -0.2) is 0 Å². The van der Waals surface area contributed by atoms with E-state index in [4.69, 9.17) is 11.6 Å². The summed E-state index contributed by atoms with van der Waals surface area (Å²) in [4.78, 5) is 0. The van der Waals surface area contributed by atoms with Gasteiger partial charge < -0.3 is 5.11 Å². The number of aromatic hydroxyl groups is 1. The molecule has 0 bridgehead atoms. The molecule has 0 amide bonds. The van der Waals surface area contributed by atoms with Gasteiger partial charge >= 0.3 is 0 Å². The van der Waals surface area contributed by atoms with E-state index in [1.165, 1.54) is 0 Å². The normalized spacial score (nSPS) is 10.7. The van der Waals surface area contributed by atoms with E-state index < -0.39 is 0 Å². The summed E-state index contributed by atoms with van der Waals surface area (Å²) in [6.45, 7) is 1.87. The quantitative estimate of drug-likeness (QED) is 0.399. The third kappa shape index (κ3) is 3.11. The highest BCUT2D eigenvalue weighted by Gasteiger charge is 2.23. The van der Waals surface area contributed by atoms with Crippen LogP contribution in [0.2, 0.25) is 5.02 Å². The van der Waals surface area contributed by atoms with Crippen molar-refractivity contribution in [3.8, 4) is 39.1 Å². The molecule has 0 aliphatic rings. The van der Waals surface area contributed by atoms with E-state index >= 15 is 0 Å². The molecule has 0 unspecified atom stereocenters. The molecule has 0 aliphatic carbocycles. The summed E-state index contributed by atoms with van der Waals surface area (Å²) in [5.41, 5.74) is 6.40. The van der Waals surface area contributed by atoms with Crippen LogP contribution in [0.1, 0.15) is 5.56 Å². The molecule has 0 spiro atoms. The Morgan fingerprint density at radius 3 is 1.37 bits per heavy atom. The number of hydrogen-bond acceptors (Lipinski definition) is 1. The van der Waals surface area contributed by atoms with Crippen LogP contribution in [-0.4, -0.2) is 5.11 Å². The number of phenolic OH excluding ortho intramolecular Hbond substituents is 1. The molecule has 0 saturated carbocycles. The number of phenols is 1. The lowest BCUT2D eigenvalue weighted by Gasteiger charge is -2.21. The van der Waals surface area contributed by atoms with Crippen molar-refractivity contribution in [1.82, 2.24) is 0 Å². The maximum absolute atomic E-state index is 11.1. The van der Waals surface area contributed by atoms with E-state index in [0.29, 0.717) is 10.6 Å². The highest BCUT2D eigenvalue weighted by molar-refractivity contribution is 6.35. The third-order valence-corrected chi connectivity index (χ3v) is 5.30. The molecule has 2 heteroatoms. The van der Waals surface area contributed by atoms with E-state index in [1.807, 2.05) is 73.7 Å². The molecule has 4 aromatic carbocycles. The van der Waals surface area contributed by atoms with Gasteiger partial charge in [0.1, 0.15) is 5.75 Å². The Morgan fingerprint density at radius 2 is 0.926 bits per heavy atom. The highest BCUT2D eigenvalue weighted by atomic mass is 35.5. The maximum atomic E-state index is 11.1. The summed E-state index contributed by atoms with van der Waals surface area (Å²) in [6.07, 6.45) is 0. The van der Waals surface area contributed by atoms with Gasteiger partial charge in [-0.1, -0.05) is 103 Å². The molecule has 0 aliphatic heterocycles. The monoisotopic (exact) mass is 370 g/mol. The Labute approximate surface area is 164 Å². The van der Waals surface area contributed by atoms with Crippen LogP contribution in [0.15, 0.2) is 91.0 Å². The molecule has 0 heterocycles. The molecule has 4 rings (SSSR count). The summed E-state index contributed by atoms with van der Waals surface area (Å²) in [5.74, 6) is 0.227. The van der Waals surface area contributed by atoms with Gasteiger partial charge in [0, 0.05) is 22.3 Å². The van der Waals surface area contributed by atoms with E-state index in [0.717, 1.165) is 33.4 Å². The lowest BCUT2D eigenvalue weighted by Crippen LogP contribution is -1.95. The number of hydrogen-bond donors (Lipinski definition) is 1. The molecule has 0 aromatic heterocycles. The van der Waals surface area contributed by atoms with Gasteiger partial charge in [0.15, 0.2) is 0 Å². The molecule has 0 atom stereocenters. The number of benzene rings is 4. The lowest BCUT2D eigenvalue weighted by molar-refractivity contribution is 0.473. The van der Waals surface area contributed by atoms with Crippen LogP contribution in [0.5, 0.6) is 5.75 Å². The fourth-order valence-electron chi connectivity index (χ4n) is 3.49. The first-order valence-corrected chi connectivity index (χ1v) is 9.27. The zero-order valence-electron chi connectivity index (χ0n) is 15.0. The molecule has 0 saturated heterocycles. The Kier molecular flexibility index (Phi) is 4.70. The molecule has 27 heavy (non-hydrogen) atoms. The molecular formula is C25H19ClO. The summed E-state index contributed by atoms with van der Waals surface area (Å²) < 4.78 is 0. The smallest absolute Gasteiger partial charge is 0.128 e. The Balaban J connectivity index is 2.18. The van der Waals surface area contributed by atoms with Gasteiger partial charge in [0.05, 0.1) is 5.02 Å². The van der Waals surface area contributed by atoms with E-state index in [1.54, 1.807) is 0 Å². The first-order chi connectivity index (χ1) is 13.2. The van der Waals surface area contributed by atoms with Crippen molar-refractivity contribution >= 4 is 11.6 Å². The Morgan fingerprint density at radius 1 is 0.556 bits per heavy atom. The number of halogens is 1. The van der Waals surface area contributed by atoms with Gasteiger partial charge in [-0.05, 0) is 23.6 Å².